The van der Waals surface area contributed by atoms with Crippen LogP contribution < -0.4 is 5.73 Å². The number of aryl methyl sites for hydroxylation is 1. The second kappa shape index (κ2) is 4.28. The van der Waals surface area contributed by atoms with E-state index in [9.17, 15) is 4.79 Å². The predicted molar refractivity (Wildman–Crippen MR) is 76.1 cm³/mol. The number of fused-ring (bicyclic) bond motifs is 1. The highest BCUT2D eigenvalue weighted by Gasteiger charge is 2.24. The van der Waals surface area contributed by atoms with Gasteiger partial charge < -0.3 is 10.6 Å². The molecule has 0 radical (unpaired) electrons. The summed E-state index contributed by atoms with van der Waals surface area (Å²) in [6, 6.07) is 6.14. The Labute approximate surface area is 110 Å². The molecule has 0 bridgehead atoms. The van der Waals surface area contributed by atoms with Gasteiger partial charge in [-0.05, 0) is 31.4 Å². The number of nitrogens with zero attached hydrogens (tertiary/aromatic N) is 1. The summed E-state index contributed by atoms with van der Waals surface area (Å²) < 4.78 is 1.11. The molecule has 1 aromatic heterocycles. The molecule has 2 aromatic rings. The van der Waals surface area contributed by atoms with Crippen molar-refractivity contribution < 1.29 is 4.79 Å². The van der Waals surface area contributed by atoms with Gasteiger partial charge in [0, 0.05) is 23.2 Å². The third-order valence-corrected chi connectivity index (χ3v) is 4.63. The highest BCUT2D eigenvalue weighted by atomic mass is 32.1. The van der Waals surface area contributed by atoms with Crippen molar-refractivity contribution in [3.05, 3.63) is 28.6 Å². The van der Waals surface area contributed by atoms with Gasteiger partial charge in [-0.1, -0.05) is 12.1 Å². The Morgan fingerprint density at radius 2 is 2.06 bits per heavy atom. The first-order chi connectivity index (χ1) is 8.66. The lowest BCUT2D eigenvalue weighted by Gasteiger charge is -2.14. The molecule has 0 unspecified atom stereocenters. The summed E-state index contributed by atoms with van der Waals surface area (Å²) in [6.45, 7) is 3.79. The number of anilines is 1. The SMILES string of the molecule is Cc1ccc2c(N)c(C(=O)N3CCCC3)sc2c1. The summed E-state index contributed by atoms with van der Waals surface area (Å²) in [7, 11) is 0. The Kier molecular flexibility index (Phi) is 2.74. The van der Waals surface area contributed by atoms with Gasteiger partial charge >= 0.3 is 0 Å². The number of rotatable bonds is 1. The van der Waals surface area contributed by atoms with Gasteiger partial charge in [-0.25, -0.2) is 0 Å². The van der Waals surface area contributed by atoms with Crippen molar-refractivity contribution in [2.75, 3.05) is 18.8 Å². The van der Waals surface area contributed by atoms with E-state index >= 15 is 0 Å². The topological polar surface area (TPSA) is 46.3 Å². The van der Waals surface area contributed by atoms with Gasteiger partial charge in [0.2, 0.25) is 0 Å². The number of hydrogen-bond donors (Lipinski definition) is 1. The molecule has 1 aliphatic rings. The van der Waals surface area contributed by atoms with E-state index in [1.165, 1.54) is 16.9 Å². The van der Waals surface area contributed by atoms with E-state index in [0.29, 0.717) is 10.6 Å². The van der Waals surface area contributed by atoms with Crippen LogP contribution in [0.1, 0.15) is 28.1 Å². The van der Waals surface area contributed by atoms with Crippen LogP contribution in [-0.2, 0) is 0 Å². The molecule has 3 nitrogen and oxygen atoms in total. The summed E-state index contributed by atoms with van der Waals surface area (Å²) in [5.41, 5.74) is 7.96. The van der Waals surface area contributed by atoms with Crippen LogP contribution in [0.5, 0.6) is 0 Å². The van der Waals surface area contributed by atoms with Crippen LogP contribution in [-0.4, -0.2) is 23.9 Å². The fourth-order valence-corrected chi connectivity index (χ4v) is 3.64. The molecule has 0 atom stereocenters. The number of amides is 1. The summed E-state index contributed by atoms with van der Waals surface area (Å²) in [5, 5.41) is 1.01. The smallest absolute Gasteiger partial charge is 0.266 e. The number of likely N-dealkylation sites (tertiary alicyclic amines) is 1. The molecule has 4 heteroatoms. The lowest BCUT2D eigenvalue weighted by molar-refractivity contribution is 0.0798. The molecular formula is C14H16N2OS. The predicted octanol–water partition coefficient (Wildman–Crippen LogP) is 3.03. The number of carbonyl (C=O) groups is 1. The zero-order valence-electron chi connectivity index (χ0n) is 10.4. The molecule has 1 fully saturated rings. The molecule has 0 spiro atoms. The number of carbonyl (C=O) groups excluding carboxylic acids is 1. The fraction of sp³-hybridized carbons (Fsp3) is 0.357. The molecule has 3 rings (SSSR count). The lowest BCUT2D eigenvalue weighted by atomic mass is 10.1. The van der Waals surface area contributed by atoms with Gasteiger partial charge in [0.05, 0.1) is 5.69 Å². The maximum Gasteiger partial charge on any atom is 0.266 e. The molecule has 1 aliphatic heterocycles. The monoisotopic (exact) mass is 260 g/mol. The molecule has 2 N–H and O–H groups in total. The van der Waals surface area contributed by atoms with Crippen molar-refractivity contribution >= 4 is 33.0 Å². The van der Waals surface area contributed by atoms with E-state index in [1.807, 2.05) is 17.0 Å². The van der Waals surface area contributed by atoms with Crippen LogP contribution in [0.2, 0.25) is 0 Å². The largest absolute Gasteiger partial charge is 0.397 e. The van der Waals surface area contributed by atoms with E-state index in [4.69, 9.17) is 5.73 Å². The van der Waals surface area contributed by atoms with Crippen LogP contribution in [0.25, 0.3) is 10.1 Å². The molecule has 1 aromatic carbocycles. The van der Waals surface area contributed by atoms with Crippen LogP contribution in [0.3, 0.4) is 0 Å². The quantitative estimate of drug-likeness (QED) is 0.856. The summed E-state index contributed by atoms with van der Waals surface area (Å²) in [4.78, 5) is 15.0. The molecule has 1 saturated heterocycles. The molecular weight excluding hydrogens is 244 g/mol. The lowest BCUT2D eigenvalue weighted by Crippen LogP contribution is -2.27. The minimum Gasteiger partial charge on any atom is -0.397 e. The number of thiophene rings is 1. The minimum atomic E-state index is 0.101. The molecule has 0 aliphatic carbocycles. The Morgan fingerprint density at radius 1 is 1.33 bits per heavy atom. The summed E-state index contributed by atoms with van der Waals surface area (Å²) in [5.74, 6) is 0.101. The minimum absolute atomic E-state index is 0.101. The summed E-state index contributed by atoms with van der Waals surface area (Å²) in [6.07, 6.45) is 2.21. The van der Waals surface area contributed by atoms with Gasteiger partial charge in [0.1, 0.15) is 4.88 Å². The Bertz CT molecular complexity index is 612. The Balaban J connectivity index is 2.06. The van der Waals surface area contributed by atoms with Crippen molar-refractivity contribution in [3.63, 3.8) is 0 Å². The number of benzene rings is 1. The zero-order valence-corrected chi connectivity index (χ0v) is 11.2. The Hall–Kier alpha value is -1.55. The van der Waals surface area contributed by atoms with Crippen LogP contribution in [0.4, 0.5) is 5.69 Å². The van der Waals surface area contributed by atoms with Crippen molar-refractivity contribution in [2.45, 2.75) is 19.8 Å². The van der Waals surface area contributed by atoms with E-state index in [0.717, 1.165) is 36.0 Å². The molecule has 2 heterocycles. The van der Waals surface area contributed by atoms with E-state index in [1.54, 1.807) is 0 Å². The second-order valence-electron chi connectivity index (χ2n) is 4.84. The molecule has 18 heavy (non-hydrogen) atoms. The van der Waals surface area contributed by atoms with Crippen molar-refractivity contribution in [2.24, 2.45) is 0 Å². The average molecular weight is 260 g/mol. The highest BCUT2D eigenvalue weighted by Crippen LogP contribution is 2.35. The van der Waals surface area contributed by atoms with Gasteiger partial charge in [-0.2, -0.15) is 0 Å². The number of hydrogen-bond acceptors (Lipinski definition) is 3. The van der Waals surface area contributed by atoms with E-state index in [-0.39, 0.29) is 5.91 Å². The molecule has 94 valence electrons. The highest BCUT2D eigenvalue weighted by molar-refractivity contribution is 7.21. The van der Waals surface area contributed by atoms with Crippen molar-refractivity contribution in [1.29, 1.82) is 0 Å². The van der Waals surface area contributed by atoms with E-state index < -0.39 is 0 Å². The van der Waals surface area contributed by atoms with E-state index in [2.05, 4.69) is 13.0 Å². The molecule has 1 amide bonds. The Morgan fingerprint density at radius 3 is 2.78 bits per heavy atom. The zero-order chi connectivity index (χ0) is 12.7. The van der Waals surface area contributed by atoms with Gasteiger partial charge in [0.15, 0.2) is 0 Å². The van der Waals surface area contributed by atoms with Gasteiger partial charge in [0.25, 0.3) is 5.91 Å². The summed E-state index contributed by atoms with van der Waals surface area (Å²) >= 11 is 1.52. The number of nitrogens with two attached hydrogens (primary N) is 1. The maximum absolute atomic E-state index is 12.4. The average Bonchev–Trinajstić information content (AvgIpc) is 2.97. The normalized spacial score (nSPS) is 15.5. The van der Waals surface area contributed by atoms with Crippen molar-refractivity contribution in [3.8, 4) is 0 Å². The van der Waals surface area contributed by atoms with Gasteiger partial charge in [-0.15, -0.1) is 11.3 Å². The standard InChI is InChI=1S/C14H16N2OS/c1-9-4-5-10-11(8-9)18-13(12(10)15)14(17)16-6-2-3-7-16/h4-5,8H,2-3,6-7,15H2,1H3. The van der Waals surface area contributed by atoms with Crippen LogP contribution in [0.15, 0.2) is 18.2 Å². The maximum atomic E-state index is 12.4. The molecule has 0 saturated carbocycles. The first kappa shape index (κ1) is 11.5. The first-order valence-electron chi connectivity index (χ1n) is 6.25. The van der Waals surface area contributed by atoms with Crippen LogP contribution in [0, 0.1) is 6.92 Å². The third kappa shape index (κ3) is 1.77. The van der Waals surface area contributed by atoms with Gasteiger partial charge in [-0.3, -0.25) is 4.79 Å². The first-order valence-corrected chi connectivity index (χ1v) is 7.06. The van der Waals surface area contributed by atoms with Crippen molar-refractivity contribution in [1.82, 2.24) is 4.90 Å². The fourth-order valence-electron chi connectivity index (χ4n) is 2.45. The third-order valence-electron chi connectivity index (χ3n) is 3.47. The second-order valence-corrected chi connectivity index (χ2v) is 5.90. The van der Waals surface area contributed by atoms with Crippen LogP contribution >= 0.6 is 11.3 Å². The number of nitrogen functional groups attached to an aromatic ring is 1.